The van der Waals surface area contributed by atoms with Gasteiger partial charge in [-0.3, -0.25) is 4.79 Å². The Labute approximate surface area is 168 Å². The summed E-state index contributed by atoms with van der Waals surface area (Å²) in [6, 6.07) is 24.0. The summed E-state index contributed by atoms with van der Waals surface area (Å²) in [5, 5.41) is 14.3. The van der Waals surface area contributed by atoms with Crippen molar-refractivity contribution >= 4 is 23.0 Å². The van der Waals surface area contributed by atoms with Gasteiger partial charge in [-0.2, -0.15) is 5.10 Å². The first-order valence-electron chi connectivity index (χ1n) is 9.19. The molecule has 1 amide bonds. The van der Waals surface area contributed by atoms with Gasteiger partial charge in [0.1, 0.15) is 5.75 Å². The third-order valence-electron chi connectivity index (χ3n) is 4.52. The summed E-state index contributed by atoms with van der Waals surface area (Å²) in [4.78, 5) is 17.6. The Bertz CT molecular complexity index is 1230. The molecule has 0 saturated heterocycles. The number of phenolic OH excluding ortho intramolecular Hbond substituents is 1. The molecule has 0 spiro atoms. The van der Waals surface area contributed by atoms with Gasteiger partial charge in [0.15, 0.2) is 0 Å². The fourth-order valence-electron chi connectivity index (χ4n) is 3.15. The maximum Gasteiger partial charge on any atom is 0.272 e. The molecule has 0 aliphatic heterocycles. The number of amides is 1. The minimum absolute atomic E-state index is 0.142. The van der Waals surface area contributed by atoms with Gasteiger partial charge in [-0.25, -0.2) is 10.4 Å². The summed E-state index contributed by atoms with van der Waals surface area (Å²) in [7, 11) is 0. The van der Waals surface area contributed by atoms with Crippen LogP contribution in [-0.2, 0) is 0 Å². The van der Waals surface area contributed by atoms with Crippen molar-refractivity contribution in [2.45, 2.75) is 6.92 Å². The van der Waals surface area contributed by atoms with E-state index >= 15 is 0 Å². The van der Waals surface area contributed by atoms with Gasteiger partial charge in [-0.15, -0.1) is 0 Å². The van der Waals surface area contributed by atoms with Crippen LogP contribution in [0.2, 0.25) is 0 Å². The average Bonchev–Trinajstić information content (AvgIpc) is 2.73. The van der Waals surface area contributed by atoms with E-state index in [1.54, 1.807) is 30.3 Å². The van der Waals surface area contributed by atoms with Crippen LogP contribution < -0.4 is 5.43 Å². The molecule has 29 heavy (non-hydrogen) atoms. The van der Waals surface area contributed by atoms with E-state index in [0.29, 0.717) is 11.1 Å². The minimum atomic E-state index is -0.325. The summed E-state index contributed by atoms with van der Waals surface area (Å²) >= 11 is 0. The van der Waals surface area contributed by atoms with Crippen molar-refractivity contribution in [2.24, 2.45) is 5.10 Å². The second-order valence-electron chi connectivity index (χ2n) is 6.74. The van der Waals surface area contributed by atoms with Crippen LogP contribution in [0.25, 0.3) is 22.2 Å². The molecule has 0 radical (unpaired) electrons. The minimum Gasteiger partial charge on any atom is -0.508 e. The number of rotatable bonds is 4. The molecule has 5 nitrogen and oxygen atoms in total. The number of aromatic hydroxyl groups is 1. The number of para-hydroxylation sites is 1. The number of aromatic nitrogens is 1. The highest BCUT2D eigenvalue weighted by Gasteiger charge is 2.13. The first kappa shape index (κ1) is 18.4. The Morgan fingerprint density at radius 3 is 2.66 bits per heavy atom. The molecule has 3 aromatic carbocycles. The highest BCUT2D eigenvalue weighted by atomic mass is 16.3. The third kappa shape index (κ3) is 4.14. The van der Waals surface area contributed by atoms with E-state index in [1.165, 1.54) is 6.21 Å². The van der Waals surface area contributed by atoms with Gasteiger partial charge in [0.05, 0.1) is 23.0 Å². The topological polar surface area (TPSA) is 74.6 Å². The number of hydrogen-bond acceptors (Lipinski definition) is 4. The number of fused-ring (bicyclic) bond motifs is 1. The van der Waals surface area contributed by atoms with Gasteiger partial charge >= 0.3 is 0 Å². The smallest absolute Gasteiger partial charge is 0.272 e. The molecule has 0 aliphatic rings. The first-order valence-corrected chi connectivity index (χ1v) is 9.19. The number of hydrogen-bond donors (Lipinski definition) is 2. The fourth-order valence-corrected chi connectivity index (χ4v) is 3.15. The van der Waals surface area contributed by atoms with Crippen molar-refractivity contribution in [1.82, 2.24) is 10.4 Å². The standard InChI is InChI=1S/C24H19N3O2/c1-16-6-4-8-18(12-16)23-14-21(20-10-2-3-11-22(20)26-23)24(29)27-25-15-17-7-5-9-19(28)13-17/h2-15,28H,1H3,(H,27,29). The summed E-state index contributed by atoms with van der Waals surface area (Å²) in [6.07, 6.45) is 1.49. The molecule has 4 aromatic rings. The van der Waals surface area contributed by atoms with E-state index in [9.17, 15) is 9.90 Å². The van der Waals surface area contributed by atoms with Gasteiger partial charge in [-0.05, 0) is 42.8 Å². The summed E-state index contributed by atoms with van der Waals surface area (Å²) in [6.45, 7) is 2.02. The second-order valence-corrected chi connectivity index (χ2v) is 6.74. The Morgan fingerprint density at radius 1 is 1.00 bits per heavy atom. The first-order chi connectivity index (χ1) is 14.1. The molecule has 142 valence electrons. The summed E-state index contributed by atoms with van der Waals surface area (Å²) < 4.78 is 0. The number of benzene rings is 3. The maximum absolute atomic E-state index is 12.9. The molecule has 4 rings (SSSR count). The van der Waals surface area contributed by atoms with Crippen molar-refractivity contribution < 1.29 is 9.90 Å². The molecule has 0 fully saturated rings. The van der Waals surface area contributed by atoms with E-state index in [0.717, 1.165) is 27.7 Å². The van der Waals surface area contributed by atoms with E-state index in [-0.39, 0.29) is 11.7 Å². The SMILES string of the molecule is Cc1cccc(-c2cc(C(=O)NN=Cc3cccc(O)c3)c3ccccc3n2)c1. The van der Waals surface area contributed by atoms with Crippen LogP contribution in [0.4, 0.5) is 0 Å². The van der Waals surface area contributed by atoms with Crippen LogP contribution in [0.15, 0.2) is 84.0 Å². The number of hydrazone groups is 1. The number of nitrogens with one attached hydrogen (secondary N) is 1. The van der Waals surface area contributed by atoms with Crippen LogP contribution in [-0.4, -0.2) is 22.2 Å². The molecule has 1 aromatic heterocycles. The quantitative estimate of drug-likeness (QED) is 0.398. The van der Waals surface area contributed by atoms with Crippen molar-refractivity contribution in [1.29, 1.82) is 0 Å². The van der Waals surface area contributed by atoms with Gasteiger partial charge < -0.3 is 5.11 Å². The predicted octanol–water partition coefficient (Wildman–Crippen LogP) is 4.68. The lowest BCUT2D eigenvalue weighted by Gasteiger charge is -2.09. The molecule has 5 heteroatoms. The Balaban J connectivity index is 1.69. The van der Waals surface area contributed by atoms with Gasteiger partial charge in [0, 0.05) is 10.9 Å². The highest BCUT2D eigenvalue weighted by molar-refractivity contribution is 6.07. The van der Waals surface area contributed by atoms with E-state index in [2.05, 4.69) is 10.5 Å². The van der Waals surface area contributed by atoms with Crippen LogP contribution in [0, 0.1) is 6.92 Å². The number of phenols is 1. The lowest BCUT2D eigenvalue weighted by Crippen LogP contribution is -2.18. The summed E-state index contributed by atoms with van der Waals surface area (Å²) in [5.74, 6) is -0.183. The van der Waals surface area contributed by atoms with Crippen molar-refractivity contribution in [3.8, 4) is 17.0 Å². The molecular weight excluding hydrogens is 362 g/mol. The lowest BCUT2D eigenvalue weighted by molar-refractivity contribution is 0.0956. The Morgan fingerprint density at radius 2 is 1.83 bits per heavy atom. The Hall–Kier alpha value is -3.99. The lowest BCUT2D eigenvalue weighted by atomic mass is 10.0. The van der Waals surface area contributed by atoms with Crippen molar-refractivity contribution in [3.05, 3.63) is 95.6 Å². The third-order valence-corrected chi connectivity index (χ3v) is 4.52. The van der Waals surface area contributed by atoms with Crippen LogP contribution in [0.1, 0.15) is 21.5 Å². The molecule has 2 N–H and O–H groups in total. The van der Waals surface area contributed by atoms with Crippen molar-refractivity contribution in [3.63, 3.8) is 0 Å². The van der Waals surface area contributed by atoms with Crippen molar-refractivity contribution in [2.75, 3.05) is 0 Å². The second kappa shape index (κ2) is 7.94. The molecule has 0 atom stereocenters. The molecular formula is C24H19N3O2. The van der Waals surface area contributed by atoms with E-state index < -0.39 is 0 Å². The van der Waals surface area contributed by atoms with Gasteiger partial charge in [-0.1, -0.05) is 54.1 Å². The zero-order chi connectivity index (χ0) is 20.2. The zero-order valence-corrected chi connectivity index (χ0v) is 15.8. The van der Waals surface area contributed by atoms with Crippen LogP contribution in [0.3, 0.4) is 0 Å². The normalized spacial score (nSPS) is 11.1. The maximum atomic E-state index is 12.9. The monoisotopic (exact) mass is 381 g/mol. The molecule has 1 heterocycles. The van der Waals surface area contributed by atoms with Crippen LogP contribution >= 0.6 is 0 Å². The Kier molecular flexibility index (Phi) is 5.03. The van der Waals surface area contributed by atoms with E-state index in [4.69, 9.17) is 4.98 Å². The largest absolute Gasteiger partial charge is 0.508 e. The zero-order valence-electron chi connectivity index (χ0n) is 15.8. The number of nitrogens with zero attached hydrogens (tertiary/aromatic N) is 2. The molecule has 0 saturated carbocycles. The van der Waals surface area contributed by atoms with Crippen LogP contribution in [0.5, 0.6) is 5.75 Å². The number of carbonyl (C=O) groups is 1. The number of pyridine rings is 1. The molecule has 0 bridgehead atoms. The number of aryl methyl sites for hydroxylation is 1. The molecule has 0 unspecified atom stereocenters. The fraction of sp³-hybridized carbons (Fsp3) is 0.0417. The predicted molar refractivity (Wildman–Crippen MR) is 115 cm³/mol. The molecule has 0 aliphatic carbocycles. The average molecular weight is 381 g/mol. The highest BCUT2D eigenvalue weighted by Crippen LogP contribution is 2.25. The summed E-state index contributed by atoms with van der Waals surface area (Å²) in [5.41, 5.74) is 7.31. The van der Waals surface area contributed by atoms with Gasteiger partial charge in [0.2, 0.25) is 0 Å². The van der Waals surface area contributed by atoms with E-state index in [1.807, 2.05) is 55.5 Å². The number of carbonyl (C=O) groups excluding carboxylic acids is 1. The van der Waals surface area contributed by atoms with Gasteiger partial charge in [0.25, 0.3) is 5.91 Å².